The summed E-state index contributed by atoms with van der Waals surface area (Å²) in [5.74, 6) is 0. The maximum absolute atomic E-state index is 5.38. The van der Waals surface area contributed by atoms with E-state index in [-0.39, 0.29) is 6.29 Å². The van der Waals surface area contributed by atoms with Gasteiger partial charge in [-0.3, -0.25) is 0 Å². The van der Waals surface area contributed by atoms with Gasteiger partial charge in [-0.05, 0) is 49.6 Å². The normalized spacial score (nSPS) is 11.6. The Labute approximate surface area is 149 Å². The minimum Gasteiger partial charge on any atom is -0.352 e. The minimum atomic E-state index is -0.257. The predicted molar refractivity (Wildman–Crippen MR) is 99.7 cm³/mol. The summed E-state index contributed by atoms with van der Waals surface area (Å²) in [6, 6.07) is 13.0. The van der Waals surface area contributed by atoms with Crippen molar-refractivity contribution < 1.29 is 14.0 Å². The first-order valence-electron chi connectivity index (χ1n) is 8.63. The molecule has 3 aromatic rings. The molecule has 4 heteroatoms. The van der Waals surface area contributed by atoms with Crippen molar-refractivity contribution in [2.75, 3.05) is 14.2 Å². The van der Waals surface area contributed by atoms with E-state index < -0.39 is 0 Å². The third kappa shape index (κ3) is 3.60. The fourth-order valence-corrected chi connectivity index (χ4v) is 3.55. The molecule has 0 saturated heterocycles. The second-order valence-corrected chi connectivity index (χ2v) is 6.66. The van der Waals surface area contributed by atoms with Crippen LogP contribution in [0.3, 0.4) is 0 Å². The number of benzene rings is 2. The van der Waals surface area contributed by atoms with Gasteiger partial charge in [-0.25, -0.2) is 9.13 Å². The Hall–Kier alpha value is -2.17. The number of imidazole rings is 1. The van der Waals surface area contributed by atoms with Gasteiger partial charge < -0.3 is 9.47 Å². The van der Waals surface area contributed by atoms with Crippen molar-refractivity contribution in [2.24, 2.45) is 0 Å². The molecule has 1 heterocycles. The zero-order valence-corrected chi connectivity index (χ0v) is 15.7. The van der Waals surface area contributed by atoms with Gasteiger partial charge in [-0.2, -0.15) is 0 Å². The SMILES string of the molecule is COC(Cn1c[n+](Cc2c(C)cc(C)cc2C)c2ccccc21)OC. The van der Waals surface area contributed by atoms with E-state index >= 15 is 0 Å². The summed E-state index contributed by atoms with van der Waals surface area (Å²) in [6.07, 6.45) is 1.90. The van der Waals surface area contributed by atoms with Crippen molar-refractivity contribution in [2.45, 2.75) is 40.2 Å². The van der Waals surface area contributed by atoms with E-state index in [1.807, 2.05) is 0 Å². The summed E-state index contributed by atoms with van der Waals surface area (Å²) in [5, 5.41) is 0. The topological polar surface area (TPSA) is 27.3 Å². The van der Waals surface area contributed by atoms with Crippen molar-refractivity contribution in [3.63, 3.8) is 0 Å². The first-order valence-corrected chi connectivity index (χ1v) is 8.63. The van der Waals surface area contributed by atoms with Crippen LogP contribution in [0.25, 0.3) is 11.0 Å². The molecule has 0 fully saturated rings. The fraction of sp³-hybridized carbons (Fsp3) is 0.381. The molecule has 0 aliphatic heterocycles. The average molecular weight is 339 g/mol. The molecule has 0 aliphatic rings. The van der Waals surface area contributed by atoms with Gasteiger partial charge in [0, 0.05) is 14.2 Å². The van der Waals surface area contributed by atoms with Crippen molar-refractivity contribution >= 4 is 11.0 Å². The fourth-order valence-electron chi connectivity index (χ4n) is 3.55. The standard InChI is InChI=1S/C21H27N2O2/c1-15-10-16(2)18(17(3)11-15)12-22-14-23(13-21(24-4)25-5)20-9-7-6-8-19(20)22/h6-11,14,21H,12-13H2,1-5H3/q+1. The van der Waals surface area contributed by atoms with Crippen LogP contribution in [0.4, 0.5) is 0 Å². The Morgan fingerprint density at radius 3 is 2.28 bits per heavy atom. The summed E-state index contributed by atoms with van der Waals surface area (Å²) in [7, 11) is 3.35. The molecule has 0 atom stereocenters. The van der Waals surface area contributed by atoms with Gasteiger partial charge in [0.05, 0.1) is 0 Å². The molecular weight excluding hydrogens is 312 g/mol. The summed E-state index contributed by atoms with van der Waals surface area (Å²) in [6.45, 7) is 8.06. The first kappa shape index (κ1) is 17.6. The molecule has 0 amide bonds. The van der Waals surface area contributed by atoms with Gasteiger partial charge in [0.15, 0.2) is 17.3 Å². The van der Waals surface area contributed by atoms with Gasteiger partial charge in [-0.1, -0.05) is 29.8 Å². The van der Waals surface area contributed by atoms with Crippen molar-refractivity contribution in [3.8, 4) is 0 Å². The molecule has 2 aromatic carbocycles. The number of para-hydroxylation sites is 2. The Balaban J connectivity index is 2.03. The molecule has 0 bridgehead atoms. The Kier molecular flexibility index (Phi) is 5.21. The van der Waals surface area contributed by atoms with Crippen LogP contribution in [0.1, 0.15) is 22.3 Å². The number of methoxy groups -OCH3 is 2. The van der Waals surface area contributed by atoms with Crippen molar-refractivity contribution in [1.29, 1.82) is 0 Å². The number of hydrogen-bond acceptors (Lipinski definition) is 2. The van der Waals surface area contributed by atoms with Crippen LogP contribution in [0, 0.1) is 20.8 Å². The van der Waals surface area contributed by atoms with Crippen LogP contribution in [0.15, 0.2) is 42.7 Å². The highest BCUT2D eigenvalue weighted by Crippen LogP contribution is 2.18. The van der Waals surface area contributed by atoms with Gasteiger partial charge in [-0.15, -0.1) is 0 Å². The number of ether oxygens (including phenoxy) is 2. The van der Waals surface area contributed by atoms with E-state index in [0.717, 1.165) is 6.54 Å². The number of rotatable bonds is 6. The summed E-state index contributed by atoms with van der Waals surface area (Å²) < 4.78 is 15.3. The molecule has 0 N–H and O–H groups in total. The van der Waals surface area contributed by atoms with Crippen LogP contribution in [0.2, 0.25) is 0 Å². The molecule has 132 valence electrons. The van der Waals surface area contributed by atoms with Crippen LogP contribution < -0.4 is 4.57 Å². The highest BCUT2D eigenvalue weighted by molar-refractivity contribution is 5.71. The smallest absolute Gasteiger partial charge is 0.245 e. The van der Waals surface area contributed by atoms with Crippen LogP contribution in [-0.2, 0) is 22.6 Å². The van der Waals surface area contributed by atoms with Crippen molar-refractivity contribution in [3.05, 3.63) is 65.0 Å². The Morgan fingerprint density at radius 2 is 1.64 bits per heavy atom. The van der Waals surface area contributed by atoms with E-state index in [2.05, 4.69) is 72.6 Å². The van der Waals surface area contributed by atoms with Gasteiger partial charge in [0.1, 0.15) is 13.1 Å². The second kappa shape index (κ2) is 7.38. The third-order valence-corrected chi connectivity index (χ3v) is 4.82. The molecule has 25 heavy (non-hydrogen) atoms. The molecule has 0 spiro atoms. The maximum Gasteiger partial charge on any atom is 0.245 e. The van der Waals surface area contributed by atoms with E-state index in [0.29, 0.717) is 6.54 Å². The average Bonchev–Trinajstić information content (AvgIpc) is 2.93. The lowest BCUT2D eigenvalue weighted by molar-refractivity contribution is -0.663. The summed E-state index contributed by atoms with van der Waals surface area (Å²) >= 11 is 0. The lowest BCUT2D eigenvalue weighted by Crippen LogP contribution is -2.34. The number of aromatic nitrogens is 2. The van der Waals surface area contributed by atoms with Crippen molar-refractivity contribution in [1.82, 2.24) is 4.57 Å². The Bertz CT molecular complexity index is 856. The number of aryl methyl sites for hydroxylation is 3. The van der Waals surface area contributed by atoms with Crippen LogP contribution >= 0.6 is 0 Å². The van der Waals surface area contributed by atoms with E-state index in [9.17, 15) is 0 Å². The van der Waals surface area contributed by atoms with E-state index in [1.54, 1.807) is 14.2 Å². The highest BCUT2D eigenvalue weighted by atomic mass is 16.7. The Morgan fingerprint density at radius 1 is 1.00 bits per heavy atom. The van der Waals surface area contributed by atoms with E-state index in [4.69, 9.17) is 9.47 Å². The third-order valence-electron chi connectivity index (χ3n) is 4.82. The molecule has 1 aromatic heterocycles. The quantitative estimate of drug-likeness (QED) is 0.507. The van der Waals surface area contributed by atoms with Crippen LogP contribution in [0.5, 0.6) is 0 Å². The lowest BCUT2D eigenvalue weighted by Gasteiger charge is -2.10. The first-order chi connectivity index (χ1) is 12.0. The van der Waals surface area contributed by atoms with Gasteiger partial charge >= 0.3 is 0 Å². The number of hydrogen-bond donors (Lipinski definition) is 0. The molecule has 0 radical (unpaired) electrons. The number of nitrogens with zero attached hydrogens (tertiary/aromatic N) is 2. The minimum absolute atomic E-state index is 0.257. The zero-order chi connectivity index (χ0) is 18.0. The highest BCUT2D eigenvalue weighted by Gasteiger charge is 2.20. The monoisotopic (exact) mass is 339 g/mol. The largest absolute Gasteiger partial charge is 0.352 e. The molecule has 0 saturated carbocycles. The number of fused-ring (bicyclic) bond motifs is 1. The zero-order valence-electron chi connectivity index (χ0n) is 15.7. The summed E-state index contributed by atoms with van der Waals surface area (Å²) in [5.41, 5.74) is 7.78. The van der Waals surface area contributed by atoms with E-state index in [1.165, 1.54) is 33.3 Å². The molecule has 3 rings (SSSR count). The van der Waals surface area contributed by atoms with Gasteiger partial charge in [0.2, 0.25) is 6.33 Å². The lowest BCUT2D eigenvalue weighted by atomic mass is 10.00. The molecule has 0 unspecified atom stereocenters. The molecule has 4 nitrogen and oxygen atoms in total. The predicted octanol–water partition coefficient (Wildman–Crippen LogP) is 3.52. The van der Waals surface area contributed by atoms with Gasteiger partial charge in [0.25, 0.3) is 0 Å². The molecular formula is C21H27N2O2+. The maximum atomic E-state index is 5.38. The van der Waals surface area contributed by atoms with Crippen LogP contribution in [-0.4, -0.2) is 25.1 Å². The second-order valence-electron chi connectivity index (χ2n) is 6.66. The molecule has 0 aliphatic carbocycles. The summed E-state index contributed by atoms with van der Waals surface area (Å²) in [4.78, 5) is 0.